The zero-order chi connectivity index (χ0) is 15.6. The molecular weight excluding hydrogens is 290 g/mol. The Morgan fingerprint density at radius 2 is 1.81 bits per heavy atom. The molecule has 0 aromatic heterocycles. The van der Waals surface area contributed by atoms with E-state index < -0.39 is 10.0 Å². The largest absolute Gasteiger partial charge is 0.388 e. The molecule has 1 fully saturated rings. The first-order chi connectivity index (χ1) is 9.83. The van der Waals surface area contributed by atoms with E-state index in [0.717, 1.165) is 18.5 Å². The van der Waals surface area contributed by atoms with Crippen LogP contribution in [0.25, 0.3) is 0 Å². The molecule has 2 rings (SSSR count). The Morgan fingerprint density at radius 1 is 1.24 bits per heavy atom. The molecule has 1 aromatic carbocycles. The molecule has 0 radical (unpaired) electrons. The Balaban J connectivity index is 2.13. The lowest BCUT2D eigenvalue weighted by atomic mass is 10.1. The first kappa shape index (κ1) is 15.8. The number of carbonyl (C=O) groups excluding carboxylic acids is 1. The highest BCUT2D eigenvalue weighted by atomic mass is 32.2. The van der Waals surface area contributed by atoms with Crippen molar-refractivity contribution in [3.8, 4) is 0 Å². The first-order valence-electron chi connectivity index (χ1n) is 6.91. The van der Waals surface area contributed by atoms with Gasteiger partial charge in [-0.2, -0.15) is 0 Å². The minimum Gasteiger partial charge on any atom is -0.388 e. The second-order valence-electron chi connectivity index (χ2n) is 5.36. The number of hydrogen-bond donors (Lipinski definition) is 3. The summed E-state index contributed by atoms with van der Waals surface area (Å²) in [5, 5.41) is 5.74. The van der Waals surface area contributed by atoms with Crippen LogP contribution in [-0.2, 0) is 14.8 Å². The van der Waals surface area contributed by atoms with Gasteiger partial charge in [-0.3, -0.25) is 4.79 Å². The van der Waals surface area contributed by atoms with Gasteiger partial charge in [-0.15, -0.1) is 0 Å². The predicted molar refractivity (Wildman–Crippen MR) is 81.8 cm³/mol. The van der Waals surface area contributed by atoms with E-state index >= 15 is 0 Å². The van der Waals surface area contributed by atoms with Crippen molar-refractivity contribution in [1.29, 1.82) is 0 Å². The number of aryl methyl sites for hydroxylation is 2. The van der Waals surface area contributed by atoms with Gasteiger partial charge in [0.05, 0.1) is 11.4 Å². The molecule has 1 aliphatic rings. The van der Waals surface area contributed by atoms with Crippen molar-refractivity contribution < 1.29 is 13.2 Å². The number of hydrogen-bond acceptors (Lipinski definition) is 4. The predicted octanol–water partition coefficient (Wildman–Crippen LogP) is 0.902. The summed E-state index contributed by atoms with van der Waals surface area (Å²) in [7, 11) is -1.92. The van der Waals surface area contributed by atoms with Crippen LogP contribution in [0, 0.1) is 13.8 Å². The molecule has 0 spiro atoms. The van der Waals surface area contributed by atoms with Crippen molar-refractivity contribution >= 4 is 21.6 Å². The average molecular weight is 311 g/mol. The molecule has 1 aromatic rings. The fraction of sp³-hybridized carbons (Fsp3) is 0.500. The van der Waals surface area contributed by atoms with Crippen molar-refractivity contribution in [2.75, 3.05) is 18.9 Å². The van der Waals surface area contributed by atoms with Gasteiger partial charge < -0.3 is 10.6 Å². The van der Waals surface area contributed by atoms with Crippen LogP contribution in [0.5, 0.6) is 0 Å². The Bertz CT molecular complexity index is 628. The molecule has 0 saturated heterocycles. The summed E-state index contributed by atoms with van der Waals surface area (Å²) >= 11 is 0. The van der Waals surface area contributed by atoms with Gasteiger partial charge in [-0.25, -0.2) is 13.1 Å². The zero-order valence-electron chi connectivity index (χ0n) is 12.5. The van der Waals surface area contributed by atoms with Crippen molar-refractivity contribution in [2.24, 2.45) is 0 Å². The lowest BCUT2D eigenvalue weighted by molar-refractivity contribution is -0.120. The van der Waals surface area contributed by atoms with Crippen LogP contribution in [0.2, 0.25) is 0 Å². The van der Waals surface area contributed by atoms with E-state index in [1.165, 1.54) is 0 Å². The number of carbonyl (C=O) groups is 1. The monoisotopic (exact) mass is 311 g/mol. The molecular formula is C14H21N3O3S. The molecule has 1 aliphatic carbocycles. The molecule has 0 atom stereocenters. The quantitative estimate of drug-likeness (QED) is 0.728. The molecule has 0 aliphatic heterocycles. The first-order valence-corrected chi connectivity index (χ1v) is 8.40. The summed E-state index contributed by atoms with van der Waals surface area (Å²) in [6.45, 7) is 3.25. The topological polar surface area (TPSA) is 87.3 Å². The van der Waals surface area contributed by atoms with Gasteiger partial charge in [-0.05, 0) is 49.9 Å². The summed E-state index contributed by atoms with van der Waals surface area (Å²) in [5.41, 5.74) is 2.15. The molecule has 0 heterocycles. The average Bonchev–Trinajstić information content (AvgIpc) is 3.19. The SMILES string of the molecule is CNc1cc(C)c(S(=O)(=O)NCC(=O)NC2CC2)c(C)c1. The van der Waals surface area contributed by atoms with Crippen molar-refractivity contribution in [1.82, 2.24) is 10.0 Å². The lowest BCUT2D eigenvalue weighted by Crippen LogP contribution is -2.38. The van der Waals surface area contributed by atoms with E-state index in [9.17, 15) is 13.2 Å². The van der Waals surface area contributed by atoms with Gasteiger partial charge in [0.1, 0.15) is 0 Å². The highest BCUT2D eigenvalue weighted by Crippen LogP contribution is 2.24. The molecule has 1 amide bonds. The lowest BCUT2D eigenvalue weighted by Gasteiger charge is -2.14. The third-order valence-corrected chi connectivity index (χ3v) is 5.09. The van der Waals surface area contributed by atoms with E-state index in [-0.39, 0.29) is 23.4 Å². The number of benzene rings is 1. The Hall–Kier alpha value is -1.60. The normalized spacial score (nSPS) is 14.8. The van der Waals surface area contributed by atoms with E-state index in [4.69, 9.17) is 0 Å². The van der Waals surface area contributed by atoms with Gasteiger partial charge >= 0.3 is 0 Å². The third-order valence-electron chi connectivity index (χ3n) is 3.38. The van der Waals surface area contributed by atoms with Crippen LogP contribution in [0.4, 0.5) is 5.69 Å². The minimum atomic E-state index is -3.70. The third kappa shape index (κ3) is 3.95. The van der Waals surface area contributed by atoms with Crippen LogP contribution in [-0.4, -0.2) is 34.0 Å². The standard InChI is InChI=1S/C14H21N3O3S/c1-9-6-12(15-3)7-10(2)14(9)21(19,20)16-8-13(18)17-11-4-5-11/h6-7,11,15-16H,4-5,8H2,1-3H3,(H,17,18). The summed E-state index contributed by atoms with van der Waals surface area (Å²) in [4.78, 5) is 11.8. The fourth-order valence-corrected chi connectivity index (χ4v) is 3.69. The van der Waals surface area contributed by atoms with Gasteiger partial charge in [0.2, 0.25) is 15.9 Å². The van der Waals surface area contributed by atoms with Gasteiger partial charge in [0.25, 0.3) is 0 Å². The van der Waals surface area contributed by atoms with Crippen molar-refractivity contribution in [3.05, 3.63) is 23.3 Å². The van der Waals surface area contributed by atoms with Gasteiger partial charge in [0.15, 0.2) is 0 Å². The fourth-order valence-electron chi connectivity index (χ4n) is 2.26. The molecule has 6 nitrogen and oxygen atoms in total. The summed E-state index contributed by atoms with van der Waals surface area (Å²) in [5.74, 6) is -0.289. The highest BCUT2D eigenvalue weighted by molar-refractivity contribution is 7.89. The van der Waals surface area contributed by atoms with Crippen LogP contribution in [0.3, 0.4) is 0 Å². The molecule has 3 N–H and O–H groups in total. The molecule has 0 unspecified atom stereocenters. The number of sulfonamides is 1. The maximum atomic E-state index is 12.4. The van der Waals surface area contributed by atoms with Gasteiger partial charge in [-0.1, -0.05) is 0 Å². The summed E-state index contributed by atoms with van der Waals surface area (Å²) in [6, 6.07) is 3.76. The second-order valence-corrected chi connectivity index (χ2v) is 7.06. The van der Waals surface area contributed by atoms with E-state index in [1.54, 1.807) is 33.0 Å². The molecule has 7 heteroatoms. The Morgan fingerprint density at radius 3 is 2.29 bits per heavy atom. The van der Waals surface area contributed by atoms with Gasteiger partial charge in [0, 0.05) is 18.8 Å². The van der Waals surface area contributed by atoms with Crippen LogP contribution >= 0.6 is 0 Å². The van der Waals surface area contributed by atoms with Crippen LogP contribution < -0.4 is 15.4 Å². The highest BCUT2D eigenvalue weighted by Gasteiger charge is 2.25. The molecule has 21 heavy (non-hydrogen) atoms. The second kappa shape index (κ2) is 6.03. The van der Waals surface area contributed by atoms with E-state index in [2.05, 4.69) is 15.4 Å². The number of amides is 1. The maximum absolute atomic E-state index is 12.4. The maximum Gasteiger partial charge on any atom is 0.241 e. The molecule has 0 bridgehead atoms. The Labute approximate surface area is 125 Å². The molecule has 116 valence electrons. The number of rotatable bonds is 6. The summed E-state index contributed by atoms with van der Waals surface area (Å²) < 4.78 is 27.1. The minimum absolute atomic E-state index is 0.223. The van der Waals surface area contributed by atoms with E-state index in [1.807, 2.05) is 0 Å². The number of anilines is 1. The molecule has 1 saturated carbocycles. The van der Waals surface area contributed by atoms with Crippen molar-refractivity contribution in [2.45, 2.75) is 37.6 Å². The Kier molecular flexibility index (Phi) is 4.53. The van der Waals surface area contributed by atoms with E-state index in [0.29, 0.717) is 11.1 Å². The number of nitrogens with one attached hydrogen (secondary N) is 3. The summed E-state index contributed by atoms with van der Waals surface area (Å²) in [6.07, 6.45) is 1.95. The van der Waals surface area contributed by atoms with Crippen LogP contribution in [0.1, 0.15) is 24.0 Å². The zero-order valence-corrected chi connectivity index (χ0v) is 13.3. The van der Waals surface area contributed by atoms with Crippen LogP contribution in [0.15, 0.2) is 17.0 Å². The van der Waals surface area contributed by atoms with Crippen molar-refractivity contribution in [3.63, 3.8) is 0 Å². The smallest absolute Gasteiger partial charge is 0.241 e.